The van der Waals surface area contributed by atoms with Gasteiger partial charge in [0, 0.05) is 7.11 Å². The average Bonchev–Trinajstić information content (AvgIpc) is 2.75. The molecule has 1 heterocycles. The lowest BCUT2D eigenvalue weighted by molar-refractivity contribution is -0.118. The van der Waals surface area contributed by atoms with Crippen molar-refractivity contribution in [3.63, 3.8) is 0 Å². The van der Waals surface area contributed by atoms with Crippen LogP contribution in [0.5, 0.6) is 0 Å². The minimum Gasteiger partial charge on any atom is -0.383 e. The van der Waals surface area contributed by atoms with Crippen molar-refractivity contribution in [1.82, 2.24) is 9.55 Å². The highest BCUT2D eigenvalue weighted by Gasteiger charge is 2.24. The van der Waals surface area contributed by atoms with E-state index in [4.69, 9.17) is 10.5 Å². The normalized spacial score (nSPS) is 10.8. The second kappa shape index (κ2) is 9.86. The van der Waals surface area contributed by atoms with Crippen LogP contribution in [0.1, 0.15) is 11.1 Å². The molecule has 2 aromatic carbocycles. The molecule has 0 radical (unpaired) electrons. The Morgan fingerprint density at radius 3 is 2.42 bits per heavy atom. The summed E-state index contributed by atoms with van der Waals surface area (Å²) in [4.78, 5) is 41.6. The van der Waals surface area contributed by atoms with Gasteiger partial charge in [0.2, 0.25) is 5.91 Å². The number of hydrogen-bond acceptors (Lipinski definition) is 5. The smallest absolute Gasteiger partial charge is 0.330 e. The predicted molar refractivity (Wildman–Crippen MR) is 115 cm³/mol. The van der Waals surface area contributed by atoms with Crippen molar-refractivity contribution in [2.45, 2.75) is 19.5 Å². The molecular weight excluding hydrogens is 403 g/mol. The molecule has 0 aliphatic heterocycles. The summed E-state index contributed by atoms with van der Waals surface area (Å²) in [6, 6.07) is 14.6. The number of nitrogens with zero attached hydrogens (tertiary/aromatic N) is 2. The number of nitrogens with one attached hydrogen (secondary N) is 1. The number of ether oxygens (including phenoxy) is 1. The Balaban J connectivity index is 2.05. The van der Waals surface area contributed by atoms with Crippen molar-refractivity contribution in [1.29, 1.82) is 0 Å². The van der Waals surface area contributed by atoms with Crippen LogP contribution >= 0.6 is 0 Å². The van der Waals surface area contributed by atoms with E-state index < -0.39 is 23.0 Å². The van der Waals surface area contributed by atoms with Gasteiger partial charge in [0.25, 0.3) is 5.56 Å². The first kappa shape index (κ1) is 22.0. The lowest BCUT2D eigenvalue weighted by Gasteiger charge is -2.25. The highest BCUT2D eigenvalue weighted by atomic mass is 19.1. The van der Waals surface area contributed by atoms with E-state index in [2.05, 4.69) is 4.98 Å². The topological polar surface area (TPSA) is 110 Å². The fraction of sp³-hybridized carbons (Fsp3) is 0.227. The Kier molecular flexibility index (Phi) is 6.99. The minimum atomic E-state index is -0.764. The Morgan fingerprint density at radius 1 is 1.10 bits per heavy atom. The molecule has 3 rings (SSSR count). The molecule has 0 saturated carbocycles. The Morgan fingerprint density at radius 2 is 1.77 bits per heavy atom. The van der Waals surface area contributed by atoms with Gasteiger partial charge < -0.3 is 10.5 Å². The molecule has 0 fully saturated rings. The lowest BCUT2D eigenvalue weighted by Crippen LogP contribution is -2.41. The van der Waals surface area contributed by atoms with Crippen molar-refractivity contribution >= 4 is 17.4 Å². The van der Waals surface area contributed by atoms with Gasteiger partial charge in [0.1, 0.15) is 11.6 Å². The molecule has 1 amide bonds. The Bertz CT molecular complexity index is 1160. The molecule has 3 aromatic rings. The van der Waals surface area contributed by atoms with Crippen LogP contribution in [0.4, 0.5) is 15.9 Å². The molecule has 0 saturated heterocycles. The molecule has 0 aliphatic rings. The van der Waals surface area contributed by atoms with Gasteiger partial charge in [-0.25, -0.2) is 9.18 Å². The van der Waals surface area contributed by atoms with Gasteiger partial charge in [-0.05, 0) is 23.3 Å². The monoisotopic (exact) mass is 426 g/mol. The third-order valence-corrected chi connectivity index (χ3v) is 4.76. The standard InChI is InChI=1S/C22H23FN4O4/c1-31-12-11-26-20(24)19(21(29)25-22(26)30)27(14-16-5-3-2-4-6-16)18(28)13-15-7-9-17(23)10-8-15/h2-10H,11-14,24H2,1H3,(H,25,29,30). The molecule has 0 spiro atoms. The maximum Gasteiger partial charge on any atom is 0.330 e. The molecule has 162 valence electrons. The zero-order valence-electron chi connectivity index (χ0n) is 17.0. The van der Waals surface area contributed by atoms with Gasteiger partial charge in [0.05, 0.1) is 26.1 Å². The first-order valence-corrected chi connectivity index (χ1v) is 9.61. The Hall–Kier alpha value is -3.72. The van der Waals surface area contributed by atoms with E-state index >= 15 is 0 Å². The summed E-state index contributed by atoms with van der Waals surface area (Å²) in [6.45, 7) is 0.366. The van der Waals surface area contributed by atoms with E-state index in [1.54, 1.807) is 0 Å². The minimum absolute atomic E-state index is 0.0661. The second-order valence-electron chi connectivity index (χ2n) is 6.91. The van der Waals surface area contributed by atoms with Crippen molar-refractivity contribution in [2.24, 2.45) is 0 Å². The van der Waals surface area contributed by atoms with Crippen molar-refractivity contribution in [3.05, 3.63) is 92.4 Å². The van der Waals surface area contributed by atoms with Crippen LogP contribution in [-0.4, -0.2) is 29.2 Å². The van der Waals surface area contributed by atoms with Crippen LogP contribution in [-0.2, 0) is 29.0 Å². The van der Waals surface area contributed by atoms with Crippen LogP contribution in [0.3, 0.4) is 0 Å². The van der Waals surface area contributed by atoms with Crippen molar-refractivity contribution in [2.75, 3.05) is 24.4 Å². The quantitative estimate of drug-likeness (QED) is 0.569. The maximum atomic E-state index is 13.2. The van der Waals surface area contributed by atoms with E-state index in [-0.39, 0.29) is 37.6 Å². The second-order valence-corrected chi connectivity index (χ2v) is 6.91. The number of carbonyl (C=O) groups is 1. The average molecular weight is 426 g/mol. The zero-order chi connectivity index (χ0) is 22.4. The Labute approximate surface area is 177 Å². The lowest BCUT2D eigenvalue weighted by atomic mass is 10.1. The van der Waals surface area contributed by atoms with Gasteiger partial charge >= 0.3 is 5.69 Å². The summed E-state index contributed by atoms with van der Waals surface area (Å²) in [5.41, 5.74) is 5.95. The highest BCUT2D eigenvalue weighted by molar-refractivity contribution is 5.96. The third-order valence-electron chi connectivity index (χ3n) is 4.76. The van der Waals surface area contributed by atoms with Crippen LogP contribution in [0, 0.1) is 5.82 Å². The number of halogens is 1. The number of aromatic nitrogens is 2. The number of anilines is 2. The first-order valence-electron chi connectivity index (χ1n) is 9.61. The molecule has 0 atom stereocenters. The largest absolute Gasteiger partial charge is 0.383 e. The van der Waals surface area contributed by atoms with Gasteiger partial charge in [-0.3, -0.25) is 24.0 Å². The molecule has 31 heavy (non-hydrogen) atoms. The number of carbonyl (C=O) groups excluding carboxylic acids is 1. The molecule has 0 bridgehead atoms. The third kappa shape index (κ3) is 5.26. The number of aromatic amines is 1. The molecule has 0 unspecified atom stereocenters. The number of amides is 1. The van der Waals surface area contributed by atoms with Gasteiger partial charge in [0.15, 0.2) is 5.69 Å². The van der Waals surface area contributed by atoms with E-state index in [9.17, 15) is 18.8 Å². The molecule has 9 heteroatoms. The number of rotatable bonds is 8. The molecule has 8 nitrogen and oxygen atoms in total. The maximum absolute atomic E-state index is 13.2. The summed E-state index contributed by atoms with van der Waals surface area (Å²) >= 11 is 0. The number of benzene rings is 2. The van der Waals surface area contributed by atoms with Crippen LogP contribution in [0.25, 0.3) is 0 Å². The van der Waals surface area contributed by atoms with Crippen LogP contribution in [0.15, 0.2) is 64.2 Å². The van der Waals surface area contributed by atoms with E-state index in [1.165, 1.54) is 36.3 Å². The fourth-order valence-electron chi connectivity index (χ4n) is 3.17. The zero-order valence-corrected chi connectivity index (χ0v) is 17.0. The van der Waals surface area contributed by atoms with Crippen LogP contribution in [0.2, 0.25) is 0 Å². The van der Waals surface area contributed by atoms with Gasteiger partial charge in [-0.2, -0.15) is 0 Å². The number of nitrogen functional groups attached to an aromatic ring is 1. The molecule has 0 aliphatic carbocycles. The SMILES string of the molecule is COCCn1c(N)c(N(Cc2ccccc2)C(=O)Cc2ccc(F)cc2)c(=O)[nH]c1=O. The van der Waals surface area contributed by atoms with E-state index in [0.29, 0.717) is 5.56 Å². The first-order chi connectivity index (χ1) is 14.9. The van der Waals surface area contributed by atoms with Gasteiger partial charge in [-0.1, -0.05) is 42.5 Å². The van der Waals surface area contributed by atoms with Gasteiger partial charge in [-0.15, -0.1) is 0 Å². The number of methoxy groups -OCH3 is 1. The molecular formula is C22H23FN4O4. The molecule has 3 N–H and O–H groups in total. The number of hydrogen-bond donors (Lipinski definition) is 2. The summed E-state index contributed by atoms with van der Waals surface area (Å²) in [6.07, 6.45) is -0.0802. The number of H-pyrrole nitrogens is 1. The molecule has 1 aromatic heterocycles. The summed E-state index contributed by atoms with van der Waals surface area (Å²) in [5.74, 6) is -0.970. The number of nitrogens with two attached hydrogens (primary N) is 1. The van der Waals surface area contributed by atoms with E-state index in [0.717, 1.165) is 10.1 Å². The summed E-state index contributed by atoms with van der Waals surface area (Å²) in [5, 5.41) is 0. The summed E-state index contributed by atoms with van der Waals surface area (Å²) < 4.78 is 19.4. The highest BCUT2D eigenvalue weighted by Crippen LogP contribution is 2.21. The van der Waals surface area contributed by atoms with Crippen molar-refractivity contribution in [3.8, 4) is 0 Å². The van der Waals surface area contributed by atoms with Crippen molar-refractivity contribution < 1.29 is 13.9 Å². The summed E-state index contributed by atoms with van der Waals surface area (Å²) in [7, 11) is 1.47. The van der Waals surface area contributed by atoms with E-state index in [1.807, 2.05) is 30.3 Å². The fourth-order valence-corrected chi connectivity index (χ4v) is 3.17. The van der Waals surface area contributed by atoms with Crippen LogP contribution < -0.4 is 21.9 Å². The predicted octanol–water partition coefficient (Wildman–Crippen LogP) is 1.68.